The van der Waals surface area contributed by atoms with Crippen LogP contribution >= 0.6 is 0 Å². The molecule has 0 fully saturated rings. The molecule has 0 radical (unpaired) electrons. The summed E-state index contributed by atoms with van der Waals surface area (Å²) in [5.41, 5.74) is 1.71. The maximum atomic E-state index is 12.7. The van der Waals surface area contributed by atoms with E-state index < -0.39 is 11.9 Å². The SMILES string of the molecule is CN1C(=O)[C@H](NC(=O)c2n[nH]c(Cc3ccccc3)n2)COc2ccccc21. The summed E-state index contributed by atoms with van der Waals surface area (Å²) < 4.78 is 5.70. The molecule has 1 atom stereocenters. The molecule has 2 aromatic carbocycles. The maximum Gasteiger partial charge on any atom is 0.291 e. The molecule has 2 N–H and O–H groups in total. The Labute approximate surface area is 161 Å². The van der Waals surface area contributed by atoms with E-state index in [2.05, 4.69) is 20.5 Å². The summed E-state index contributed by atoms with van der Waals surface area (Å²) in [7, 11) is 1.65. The van der Waals surface area contributed by atoms with Crippen LogP contribution in [0.15, 0.2) is 54.6 Å². The quantitative estimate of drug-likeness (QED) is 0.719. The summed E-state index contributed by atoms with van der Waals surface area (Å²) >= 11 is 0. The van der Waals surface area contributed by atoms with Crippen LogP contribution in [0.4, 0.5) is 5.69 Å². The highest BCUT2D eigenvalue weighted by Crippen LogP contribution is 2.29. The van der Waals surface area contributed by atoms with E-state index in [1.807, 2.05) is 42.5 Å². The summed E-state index contributed by atoms with van der Waals surface area (Å²) in [6.45, 7) is 0.0349. The topological polar surface area (TPSA) is 100 Å². The van der Waals surface area contributed by atoms with E-state index in [0.717, 1.165) is 5.56 Å². The van der Waals surface area contributed by atoms with Crippen molar-refractivity contribution in [1.29, 1.82) is 0 Å². The molecule has 0 aliphatic carbocycles. The predicted octanol–water partition coefficient (Wildman–Crippen LogP) is 1.55. The van der Waals surface area contributed by atoms with E-state index in [9.17, 15) is 9.59 Å². The van der Waals surface area contributed by atoms with Crippen molar-refractivity contribution in [2.24, 2.45) is 0 Å². The van der Waals surface area contributed by atoms with Crippen LogP contribution in [0.2, 0.25) is 0 Å². The zero-order chi connectivity index (χ0) is 19.5. The van der Waals surface area contributed by atoms with Gasteiger partial charge in [-0.2, -0.15) is 0 Å². The second-order valence-corrected chi connectivity index (χ2v) is 6.47. The molecule has 8 nitrogen and oxygen atoms in total. The van der Waals surface area contributed by atoms with Gasteiger partial charge < -0.3 is 15.0 Å². The third-order valence-electron chi connectivity index (χ3n) is 4.52. The van der Waals surface area contributed by atoms with Crippen molar-refractivity contribution in [3.05, 3.63) is 71.8 Å². The number of carbonyl (C=O) groups is 2. The number of benzene rings is 2. The van der Waals surface area contributed by atoms with Gasteiger partial charge in [-0.3, -0.25) is 14.7 Å². The number of anilines is 1. The molecule has 1 aromatic heterocycles. The van der Waals surface area contributed by atoms with Crippen molar-refractivity contribution in [3.8, 4) is 5.75 Å². The van der Waals surface area contributed by atoms with Gasteiger partial charge in [0.05, 0.1) is 5.69 Å². The number of H-pyrrole nitrogens is 1. The van der Waals surface area contributed by atoms with Gasteiger partial charge in [-0.25, -0.2) is 4.98 Å². The fourth-order valence-electron chi connectivity index (χ4n) is 3.04. The molecule has 3 aromatic rings. The van der Waals surface area contributed by atoms with Gasteiger partial charge in [0.25, 0.3) is 11.8 Å². The van der Waals surface area contributed by atoms with E-state index in [-0.39, 0.29) is 18.3 Å². The van der Waals surface area contributed by atoms with Gasteiger partial charge in [-0.05, 0) is 17.7 Å². The monoisotopic (exact) mass is 377 g/mol. The fourth-order valence-corrected chi connectivity index (χ4v) is 3.04. The standard InChI is InChI=1S/C20H19N5O3/c1-25-15-9-5-6-10-16(15)28-12-14(20(25)27)21-19(26)18-22-17(23-24-18)11-13-7-3-2-4-8-13/h2-10,14H,11-12H2,1H3,(H,21,26)(H,22,23,24)/t14-/m1/s1. The third kappa shape index (κ3) is 3.57. The number of likely N-dealkylation sites (N-methyl/N-ethyl adjacent to an activating group) is 1. The average Bonchev–Trinajstić information content (AvgIpc) is 3.15. The molecule has 0 unspecified atom stereocenters. The van der Waals surface area contributed by atoms with Gasteiger partial charge in [0.15, 0.2) is 0 Å². The smallest absolute Gasteiger partial charge is 0.291 e. The first kappa shape index (κ1) is 17.7. The Kier molecular flexibility index (Phi) is 4.76. The average molecular weight is 377 g/mol. The van der Waals surface area contributed by atoms with Gasteiger partial charge in [0.1, 0.15) is 24.2 Å². The van der Waals surface area contributed by atoms with Crippen LogP contribution in [0, 0.1) is 0 Å². The number of hydrogen-bond acceptors (Lipinski definition) is 5. The number of nitrogens with one attached hydrogen (secondary N) is 2. The highest BCUT2D eigenvalue weighted by atomic mass is 16.5. The molecular weight excluding hydrogens is 358 g/mol. The Morgan fingerprint density at radius 1 is 1.21 bits per heavy atom. The van der Waals surface area contributed by atoms with Gasteiger partial charge in [-0.1, -0.05) is 42.5 Å². The minimum absolute atomic E-state index is 0.0110. The second kappa shape index (κ2) is 7.51. The number of amides is 2. The zero-order valence-electron chi connectivity index (χ0n) is 15.3. The Morgan fingerprint density at radius 2 is 1.96 bits per heavy atom. The molecule has 2 heterocycles. The molecule has 0 spiro atoms. The number of nitrogens with zero attached hydrogens (tertiary/aromatic N) is 3. The van der Waals surface area contributed by atoms with Crippen molar-refractivity contribution >= 4 is 17.5 Å². The van der Waals surface area contributed by atoms with Gasteiger partial charge in [0.2, 0.25) is 5.82 Å². The van der Waals surface area contributed by atoms with E-state index in [0.29, 0.717) is 23.7 Å². The van der Waals surface area contributed by atoms with Crippen molar-refractivity contribution in [2.45, 2.75) is 12.5 Å². The van der Waals surface area contributed by atoms with Gasteiger partial charge >= 0.3 is 0 Å². The summed E-state index contributed by atoms with van der Waals surface area (Å²) in [5.74, 6) is 0.362. The molecule has 0 saturated carbocycles. The van der Waals surface area contributed by atoms with E-state index in [4.69, 9.17) is 4.74 Å². The molecule has 8 heteroatoms. The summed E-state index contributed by atoms with van der Waals surface area (Å²) in [5, 5.41) is 9.41. The molecule has 142 valence electrons. The van der Waals surface area contributed by atoms with Crippen LogP contribution in [-0.2, 0) is 11.2 Å². The highest BCUT2D eigenvalue weighted by Gasteiger charge is 2.31. The van der Waals surface area contributed by atoms with Crippen LogP contribution in [0.5, 0.6) is 5.75 Å². The van der Waals surface area contributed by atoms with Crippen molar-refractivity contribution in [2.75, 3.05) is 18.6 Å². The molecular formula is C20H19N5O3. The minimum atomic E-state index is -0.832. The number of carbonyl (C=O) groups excluding carboxylic acids is 2. The number of hydrogen-bond donors (Lipinski definition) is 2. The van der Waals surface area contributed by atoms with Crippen molar-refractivity contribution in [3.63, 3.8) is 0 Å². The summed E-state index contributed by atoms with van der Waals surface area (Å²) in [6.07, 6.45) is 0.532. The summed E-state index contributed by atoms with van der Waals surface area (Å²) in [6, 6.07) is 16.2. The van der Waals surface area contributed by atoms with Crippen LogP contribution < -0.4 is 15.0 Å². The lowest BCUT2D eigenvalue weighted by Crippen LogP contribution is -2.49. The predicted molar refractivity (Wildman–Crippen MR) is 102 cm³/mol. The number of aromatic nitrogens is 3. The Balaban J connectivity index is 1.45. The number of fused-ring (bicyclic) bond motifs is 1. The van der Waals surface area contributed by atoms with Crippen molar-refractivity contribution in [1.82, 2.24) is 20.5 Å². The molecule has 1 aliphatic rings. The Bertz CT molecular complexity index is 1000. The van der Waals surface area contributed by atoms with Crippen LogP contribution in [0.3, 0.4) is 0 Å². The molecule has 1 aliphatic heterocycles. The van der Waals surface area contributed by atoms with E-state index >= 15 is 0 Å². The lowest BCUT2D eigenvalue weighted by Gasteiger charge is -2.19. The normalized spacial score (nSPS) is 16.1. The first-order chi connectivity index (χ1) is 13.6. The number of rotatable bonds is 4. The molecule has 28 heavy (non-hydrogen) atoms. The van der Waals surface area contributed by atoms with Gasteiger partial charge in [0, 0.05) is 13.5 Å². The second-order valence-electron chi connectivity index (χ2n) is 6.47. The number of aromatic amines is 1. The molecule has 0 bridgehead atoms. The first-order valence-corrected chi connectivity index (χ1v) is 8.87. The molecule has 2 amide bonds. The van der Waals surface area contributed by atoms with Gasteiger partial charge in [-0.15, -0.1) is 5.10 Å². The fraction of sp³-hybridized carbons (Fsp3) is 0.200. The summed E-state index contributed by atoms with van der Waals surface area (Å²) in [4.78, 5) is 30.9. The largest absolute Gasteiger partial charge is 0.489 e. The Hall–Kier alpha value is -3.68. The number of ether oxygens (including phenoxy) is 1. The number of para-hydroxylation sites is 2. The van der Waals surface area contributed by atoms with Crippen LogP contribution in [-0.4, -0.2) is 46.7 Å². The highest BCUT2D eigenvalue weighted by molar-refractivity contribution is 6.02. The van der Waals surface area contributed by atoms with Crippen LogP contribution in [0.25, 0.3) is 0 Å². The minimum Gasteiger partial charge on any atom is -0.489 e. The lowest BCUT2D eigenvalue weighted by atomic mass is 10.1. The lowest BCUT2D eigenvalue weighted by molar-refractivity contribution is -0.120. The first-order valence-electron chi connectivity index (χ1n) is 8.87. The van der Waals surface area contributed by atoms with Crippen molar-refractivity contribution < 1.29 is 14.3 Å². The maximum absolute atomic E-state index is 12.7. The molecule has 4 rings (SSSR count). The third-order valence-corrected chi connectivity index (χ3v) is 4.52. The Morgan fingerprint density at radius 3 is 2.79 bits per heavy atom. The zero-order valence-corrected chi connectivity index (χ0v) is 15.3. The van der Waals surface area contributed by atoms with E-state index in [1.54, 1.807) is 19.2 Å². The van der Waals surface area contributed by atoms with E-state index in [1.165, 1.54) is 4.90 Å². The van der Waals surface area contributed by atoms with Crippen LogP contribution in [0.1, 0.15) is 22.0 Å². The molecule has 0 saturated heterocycles.